The zero-order valence-corrected chi connectivity index (χ0v) is 11.0. The van der Waals surface area contributed by atoms with Crippen molar-refractivity contribution in [2.75, 3.05) is 0 Å². The predicted octanol–water partition coefficient (Wildman–Crippen LogP) is 4.26. The maximum Gasteiger partial charge on any atom is 0.138 e. The van der Waals surface area contributed by atoms with Gasteiger partial charge in [0.05, 0.1) is 10.5 Å². The summed E-state index contributed by atoms with van der Waals surface area (Å²) in [6.45, 7) is 1.99. The zero-order valence-electron chi connectivity index (χ0n) is 9.41. The van der Waals surface area contributed by atoms with Gasteiger partial charge in [-0.2, -0.15) is 0 Å². The molecule has 2 aromatic rings. The molecule has 0 fully saturated rings. The first kappa shape index (κ1) is 12.3. The quantitative estimate of drug-likeness (QED) is 0.919. The molecule has 0 saturated carbocycles. The van der Waals surface area contributed by atoms with Crippen molar-refractivity contribution in [2.45, 2.75) is 19.4 Å². The largest absolute Gasteiger partial charge is 0.459 e. The SMILES string of the molecule is CCC(N)c1ccc(-c2ccc(Br)c(F)c2)o1. The minimum atomic E-state index is -0.305. The van der Waals surface area contributed by atoms with Crippen LogP contribution in [0.15, 0.2) is 39.2 Å². The Morgan fingerprint density at radius 1 is 1.35 bits per heavy atom. The summed E-state index contributed by atoms with van der Waals surface area (Å²) in [5.74, 6) is 1.06. The third-order valence-corrected chi connectivity index (χ3v) is 3.28. The van der Waals surface area contributed by atoms with Gasteiger partial charge in [0.15, 0.2) is 0 Å². The van der Waals surface area contributed by atoms with Crippen LogP contribution < -0.4 is 5.73 Å². The minimum absolute atomic E-state index is 0.107. The van der Waals surface area contributed by atoms with Crippen molar-refractivity contribution in [2.24, 2.45) is 5.73 Å². The van der Waals surface area contributed by atoms with Gasteiger partial charge in [0.2, 0.25) is 0 Å². The van der Waals surface area contributed by atoms with E-state index >= 15 is 0 Å². The number of furan rings is 1. The van der Waals surface area contributed by atoms with Crippen molar-refractivity contribution < 1.29 is 8.81 Å². The molecule has 0 radical (unpaired) electrons. The fraction of sp³-hybridized carbons (Fsp3) is 0.231. The van der Waals surface area contributed by atoms with E-state index in [1.807, 2.05) is 19.1 Å². The average Bonchev–Trinajstić information content (AvgIpc) is 2.81. The average molecular weight is 298 g/mol. The molecule has 90 valence electrons. The molecule has 0 aliphatic carbocycles. The van der Waals surface area contributed by atoms with Crippen LogP contribution in [-0.2, 0) is 0 Å². The monoisotopic (exact) mass is 297 g/mol. The maximum absolute atomic E-state index is 13.4. The van der Waals surface area contributed by atoms with E-state index in [9.17, 15) is 4.39 Å². The molecule has 4 heteroatoms. The van der Waals surface area contributed by atoms with Crippen LogP contribution >= 0.6 is 15.9 Å². The fourth-order valence-electron chi connectivity index (χ4n) is 1.56. The lowest BCUT2D eigenvalue weighted by atomic mass is 10.1. The van der Waals surface area contributed by atoms with Crippen molar-refractivity contribution in [1.29, 1.82) is 0 Å². The van der Waals surface area contributed by atoms with Crippen LogP contribution in [-0.4, -0.2) is 0 Å². The molecule has 1 atom stereocenters. The minimum Gasteiger partial charge on any atom is -0.459 e. The van der Waals surface area contributed by atoms with Crippen LogP contribution in [0.4, 0.5) is 4.39 Å². The second-order valence-electron chi connectivity index (χ2n) is 3.85. The number of benzene rings is 1. The van der Waals surface area contributed by atoms with Crippen LogP contribution in [0.3, 0.4) is 0 Å². The van der Waals surface area contributed by atoms with Crippen molar-refractivity contribution in [1.82, 2.24) is 0 Å². The number of nitrogens with two attached hydrogens (primary N) is 1. The van der Waals surface area contributed by atoms with Gasteiger partial charge in [-0.05, 0) is 52.7 Å². The number of hydrogen-bond acceptors (Lipinski definition) is 2. The molecule has 0 spiro atoms. The molecule has 0 amide bonds. The molecule has 1 aromatic heterocycles. The van der Waals surface area contributed by atoms with E-state index in [-0.39, 0.29) is 11.9 Å². The Labute approximate surface area is 108 Å². The van der Waals surface area contributed by atoms with E-state index in [1.165, 1.54) is 6.07 Å². The molecule has 1 heterocycles. The number of rotatable bonds is 3. The topological polar surface area (TPSA) is 39.2 Å². The lowest BCUT2D eigenvalue weighted by Crippen LogP contribution is -2.06. The van der Waals surface area contributed by atoms with E-state index in [0.717, 1.165) is 12.2 Å². The highest BCUT2D eigenvalue weighted by atomic mass is 79.9. The van der Waals surface area contributed by atoms with Crippen molar-refractivity contribution in [3.8, 4) is 11.3 Å². The van der Waals surface area contributed by atoms with Gasteiger partial charge in [-0.25, -0.2) is 4.39 Å². The van der Waals surface area contributed by atoms with E-state index in [2.05, 4.69) is 15.9 Å². The molecule has 0 aliphatic rings. The Morgan fingerprint density at radius 2 is 2.12 bits per heavy atom. The summed E-state index contributed by atoms with van der Waals surface area (Å²) in [4.78, 5) is 0. The van der Waals surface area contributed by atoms with Crippen LogP contribution in [0.1, 0.15) is 25.1 Å². The summed E-state index contributed by atoms with van der Waals surface area (Å²) >= 11 is 3.12. The van der Waals surface area contributed by atoms with Crippen molar-refractivity contribution >= 4 is 15.9 Å². The zero-order chi connectivity index (χ0) is 12.4. The molecule has 2 N–H and O–H groups in total. The van der Waals surface area contributed by atoms with Crippen molar-refractivity contribution in [3.63, 3.8) is 0 Å². The van der Waals surface area contributed by atoms with Crippen molar-refractivity contribution in [3.05, 3.63) is 46.4 Å². The van der Waals surface area contributed by atoms with Gasteiger partial charge in [0.25, 0.3) is 0 Å². The van der Waals surface area contributed by atoms with Gasteiger partial charge >= 0.3 is 0 Å². The lowest BCUT2D eigenvalue weighted by Gasteiger charge is -2.04. The first-order valence-corrected chi connectivity index (χ1v) is 6.22. The van der Waals surface area contributed by atoms with Crippen LogP contribution in [0.5, 0.6) is 0 Å². The van der Waals surface area contributed by atoms with Gasteiger partial charge in [-0.1, -0.05) is 6.92 Å². The lowest BCUT2D eigenvalue weighted by molar-refractivity contribution is 0.469. The molecule has 2 nitrogen and oxygen atoms in total. The molecular formula is C13H13BrFNO. The Bertz CT molecular complexity index is 524. The highest BCUT2D eigenvalue weighted by Crippen LogP contribution is 2.28. The second kappa shape index (κ2) is 5.02. The summed E-state index contributed by atoms with van der Waals surface area (Å²) in [5, 5.41) is 0. The van der Waals surface area contributed by atoms with E-state index in [0.29, 0.717) is 15.8 Å². The fourth-order valence-corrected chi connectivity index (χ4v) is 1.80. The summed E-state index contributed by atoms with van der Waals surface area (Å²) in [5.41, 5.74) is 6.57. The van der Waals surface area contributed by atoms with Crippen LogP contribution in [0, 0.1) is 5.82 Å². The second-order valence-corrected chi connectivity index (χ2v) is 4.70. The summed E-state index contributed by atoms with van der Waals surface area (Å²) < 4.78 is 19.4. The molecule has 1 aromatic carbocycles. The predicted molar refractivity (Wildman–Crippen MR) is 69.0 cm³/mol. The molecule has 2 rings (SSSR count). The standard InChI is InChI=1S/C13H13BrFNO/c1-2-11(16)13-6-5-12(17-13)8-3-4-9(14)10(15)7-8/h3-7,11H,2,16H2,1H3. The molecule has 17 heavy (non-hydrogen) atoms. The Kier molecular flexibility index (Phi) is 3.64. The van der Waals surface area contributed by atoms with Gasteiger partial charge in [0, 0.05) is 5.56 Å². The third kappa shape index (κ3) is 2.58. The Morgan fingerprint density at radius 3 is 2.76 bits per heavy atom. The van der Waals surface area contributed by atoms with Gasteiger partial charge in [0.1, 0.15) is 17.3 Å². The van der Waals surface area contributed by atoms with Gasteiger partial charge in [-0.15, -0.1) is 0 Å². The summed E-state index contributed by atoms with van der Waals surface area (Å²) in [6.07, 6.45) is 0.807. The smallest absolute Gasteiger partial charge is 0.138 e. The van der Waals surface area contributed by atoms with E-state index < -0.39 is 0 Å². The first-order chi connectivity index (χ1) is 8.11. The highest BCUT2D eigenvalue weighted by Gasteiger charge is 2.11. The first-order valence-electron chi connectivity index (χ1n) is 5.42. The number of halogens is 2. The Hall–Kier alpha value is -1.13. The maximum atomic E-state index is 13.4. The molecule has 0 bridgehead atoms. The molecule has 1 unspecified atom stereocenters. The molecule has 0 aliphatic heterocycles. The number of hydrogen-bond donors (Lipinski definition) is 1. The van der Waals surface area contributed by atoms with Crippen LogP contribution in [0.2, 0.25) is 0 Å². The summed E-state index contributed by atoms with van der Waals surface area (Å²) in [7, 11) is 0. The van der Waals surface area contributed by atoms with E-state index in [4.69, 9.17) is 10.2 Å². The Balaban J connectivity index is 2.33. The third-order valence-electron chi connectivity index (χ3n) is 2.64. The normalized spacial score (nSPS) is 12.7. The molecular weight excluding hydrogens is 285 g/mol. The summed E-state index contributed by atoms with van der Waals surface area (Å²) in [6, 6.07) is 8.44. The van der Waals surface area contributed by atoms with E-state index in [1.54, 1.807) is 12.1 Å². The molecule has 0 saturated heterocycles. The van der Waals surface area contributed by atoms with Gasteiger partial charge < -0.3 is 10.2 Å². The van der Waals surface area contributed by atoms with Gasteiger partial charge in [-0.3, -0.25) is 0 Å². The van der Waals surface area contributed by atoms with Crippen LogP contribution in [0.25, 0.3) is 11.3 Å². The highest BCUT2D eigenvalue weighted by molar-refractivity contribution is 9.10.